The highest BCUT2D eigenvalue weighted by molar-refractivity contribution is 5.89. The monoisotopic (exact) mass is 288 g/mol. The number of halogens is 3. The van der Waals surface area contributed by atoms with E-state index in [1.165, 1.54) is 30.3 Å². The minimum absolute atomic E-state index is 0.0547. The predicted molar refractivity (Wildman–Crippen MR) is 67.4 cm³/mol. The highest BCUT2D eigenvalue weighted by Gasteiger charge is 2.41. The van der Waals surface area contributed by atoms with Crippen LogP contribution in [0.25, 0.3) is 0 Å². The summed E-state index contributed by atoms with van der Waals surface area (Å²) in [4.78, 5) is 11.6. The average Bonchev–Trinajstić information content (AvgIpc) is 2.37. The third kappa shape index (κ3) is 4.95. The molecule has 0 aliphatic carbocycles. The summed E-state index contributed by atoms with van der Waals surface area (Å²) in [5.41, 5.74) is -0.0547. The highest BCUT2D eigenvalue weighted by atomic mass is 19.4. The SMILES string of the molecule is CCC/C=C/C(OC(=O)c1ccc(O)cc1)C(F)(F)F. The molecule has 20 heavy (non-hydrogen) atoms. The summed E-state index contributed by atoms with van der Waals surface area (Å²) in [6.07, 6.45) is -3.58. The van der Waals surface area contributed by atoms with Crippen LogP contribution < -0.4 is 0 Å². The van der Waals surface area contributed by atoms with E-state index in [0.29, 0.717) is 12.8 Å². The molecule has 0 spiro atoms. The first-order chi connectivity index (χ1) is 9.34. The molecule has 0 aromatic heterocycles. The number of esters is 1. The van der Waals surface area contributed by atoms with Gasteiger partial charge < -0.3 is 9.84 Å². The van der Waals surface area contributed by atoms with E-state index in [-0.39, 0.29) is 11.3 Å². The van der Waals surface area contributed by atoms with Crippen LogP contribution in [0.5, 0.6) is 5.75 Å². The molecule has 0 amide bonds. The molecule has 0 aliphatic heterocycles. The average molecular weight is 288 g/mol. The van der Waals surface area contributed by atoms with Crippen LogP contribution in [0.2, 0.25) is 0 Å². The number of unbranched alkanes of at least 4 members (excludes halogenated alkanes) is 1. The van der Waals surface area contributed by atoms with Crippen molar-refractivity contribution in [1.82, 2.24) is 0 Å². The van der Waals surface area contributed by atoms with Gasteiger partial charge in [0.2, 0.25) is 6.10 Å². The Hall–Kier alpha value is -1.98. The number of phenolic OH excluding ortho intramolecular Hbond substituents is 1. The quantitative estimate of drug-likeness (QED) is 0.661. The molecule has 1 atom stereocenters. The third-order valence-electron chi connectivity index (χ3n) is 2.43. The van der Waals surface area contributed by atoms with Gasteiger partial charge in [-0.2, -0.15) is 13.2 Å². The van der Waals surface area contributed by atoms with Crippen molar-refractivity contribution in [2.24, 2.45) is 0 Å². The fourth-order valence-corrected chi connectivity index (χ4v) is 1.38. The molecule has 0 bridgehead atoms. The number of carbonyl (C=O) groups excluding carboxylic acids is 1. The van der Waals surface area contributed by atoms with Crippen molar-refractivity contribution in [3.63, 3.8) is 0 Å². The van der Waals surface area contributed by atoms with Gasteiger partial charge in [-0.1, -0.05) is 19.4 Å². The number of alkyl halides is 3. The Morgan fingerprint density at radius 2 is 1.95 bits per heavy atom. The standard InChI is InChI=1S/C14H15F3O3/c1-2-3-4-5-12(14(15,16)17)20-13(19)10-6-8-11(18)9-7-10/h4-9,12,18H,2-3H2,1H3/b5-4+. The molecule has 0 heterocycles. The lowest BCUT2D eigenvalue weighted by Gasteiger charge is -2.17. The van der Waals surface area contributed by atoms with Crippen molar-refractivity contribution in [2.45, 2.75) is 32.0 Å². The van der Waals surface area contributed by atoms with Gasteiger partial charge in [0.05, 0.1) is 5.56 Å². The maximum atomic E-state index is 12.7. The van der Waals surface area contributed by atoms with Crippen molar-refractivity contribution < 1.29 is 27.8 Å². The van der Waals surface area contributed by atoms with Crippen molar-refractivity contribution >= 4 is 5.97 Å². The number of phenols is 1. The van der Waals surface area contributed by atoms with Crippen LogP contribution in [0, 0.1) is 0 Å². The molecule has 0 saturated carbocycles. The zero-order valence-corrected chi connectivity index (χ0v) is 10.9. The number of carbonyl (C=O) groups is 1. The van der Waals surface area contributed by atoms with Gasteiger partial charge >= 0.3 is 12.1 Å². The number of ether oxygens (including phenoxy) is 1. The van der Waals surface area contributed by atoms with Gasteiger partial charge in [-0.25, -0.2) is 4.79 Å². The zero-order valence-electron chi connectivity index (χ0n) is 10.9. The third-order valence-corrected chi connectivity index (χ3v) is 2.43. The van der Waals surface area contributed by atoms with E-state index in [0.717, 1.165) is 6.08 Å². The Bertz CT molecular complexity index is 464. The van der Waals surface area contributed by atoms with Crippen LogP contribution in [0.15, 0.2) is 36.4 Å². The summed E-state index contributed by atoms with van der Waals surface area (Å²) in [5.74, 6) is -1.18. The van der Waals surface area contributed by atoms with E-state index < -0.39 is 18.2 Å². The van der Waals surface area contributed by atoms with Gasteiger partial charge in [-0.3, -0.25) is 0 Å². The summed E-state index contributed by atoms with van der Waals surface area (Å²) < 4.78 is 42.6. The van der Waals surface area contributed by atoms with E-state index in [1.807, 2.05) is 6.92 Å². The second kappa shape index (κ2) is 6.98. The van der Waals surface area contributed by atoms with E-state index in [1.54, 1.807) is 0 Å². The molecule has 3 nitrogen and oxygen atoms in total. The summed E-state index contributed by atoms with van der Waals surface area (Å²) in [6.45, 7) is 1.83. The van der Waals surface area contributed by atoms with Crippen LogP contribution in [-0.2, 0) is 4.74 Å². The molecule has 1 rings (SSSR count). The minimum Gasteiger partial charge on any atom is -0.508 e. The lowest BCUT2D eigenvalue weighted by atomic mass is 10.2. The molecule has 1 unspecified atom stereocenters. The van der Waals surface area contributed by atoms with Gasteiger partial charge in [0.25, 0.3) is 0 Å². The molecule has 0 saturated heterocycles. The molecule has 6 heteroatoms. The molecule has 0 radical (unpaired) electrons. The van der Waals surface area contributed by atoms with Gasteiger partial charge in [0.1, 0.15) is 5.75 Å². The predicted octanol–water partition coefficient (Wildman–Crippen LogP) is 3.84. The first-order valence-electron chi connectivity index (χ1n) is 6.08. The van der Waals surface area contributed by atoms with Gasteiger partial charge in [-0.05, 0) is 36.8 Å². The molecule has 0 fully saturated rings. The first-order valence-corrected chi connectivity index (χ1v) is 6.08. The number of aromatic hydroxyl groups is 1. The second-order valence-corrected chi connectivity index (χ2v) is 4.13. The number of hydrogen-bond donors (Lipinski definition) is 1. The highest BCUT2D eigenvalue weighted by Crippen LogP contribution is 2.25. The lowest BCUT2D eigenvalue weighted by molar-refractivity contribution is -0.189. The van der Waals surface area contributed by atoms with Gasteiger partial charge in [0.15, 0.2) is 0 Å². The van der Waals surface area contributed by atoms with E-state index in [2.05, 4.69) is 4.74 Å². The number of allylic oxidation sites excluding steroid dienone is 1. The Labute approximate surface area is 114 Å². The molecular weight excluding hydrogens is 273 g/mol. The van der Waals surface area contributed by atoms with Crippen LogP contribution in [0.3, 0.4) is 0 Å². The molecule has 1 aromatic carbocycles. The van der Waals surface area contributed by atoms with Crippen molar-refractivity contribution in [3.05, 3.63) is 42.0 Å². The van der Waals surface area contributed by atoms with Crippen LogP contribution in [0.1, 0.15) is 30.1 Å². The van der Waals surface area contributed by atoms with Crippen molar-refractivity contribution in [2.75, 3.05) is 0 Å². The van der Waals surface area contributed by atoms with Crippen molar-refractivity contribution in [1.29, 1.82) is 0 Å². The number of hydrogen-bond acceptors (Lipinski definition) is 3. The molecule has 1 aromatic rings. The first kappa shape index (κ1) is 16.1. The largest absolute Gasteiger partial charge is 0.508 e. The number of benzene rings is 1. The molecule has 110 valence electrons. The lowest BCUT2D eigenvalue weighted by Crippen LogP contribution is -2.32. The van der Waals surface area contributed by atoms with Gasteiger partial charge in [0, 0.05) is 0 Å². The van der Waals surface area contributed by atoms with E-state index >= 15 is 0 Å². The van der Waals surface area contributed by atoms with E-state index in [4.69, 9.17) is 5.11 Å². The maximum absolute atomic E-state index is 12.7. The summed E-state index contributed by atoms with van der Waals surface area (Å²) in [5, 5.41) is 9.05. The maximum Gasteiger partial charge on any atom is 0.429 e. The number of rotatable bonds is 5. The van der Waals surface area contributed by atoms with Crippen LogP contribution >= 0.6 is 0 Å². The topological polar surface area (TPSA) is 46.5 Å². The summed E-state index contributed by atoms with van der Waals surface area (Å²) in [6, 6.07) is 4.79. The van der Waals surface area contributed by atoms with Crippen molar-refractivity contribution in [3.8, 4) is 5.75 Å². The molecule has 1 N–H and O–H groups in total. The zero-order chi connectivity index (χ0) is 15.2. The minimum atomic E-state index is -4.66. The van der Waals surface area contributed by atoms with Crippen LogP contribution in [0.4, 0.5) is 13.2 Å². The van der Waals surface area contributed by atoms with Gasteiger partial charge in [-0.15, -0.1) is 0 Å². The van der Waals surface area contributed by atoms with Crippen LogP contribution in [-0.4, -0.2) is 23.4 Å². The summed E-state index contributed by atoms with van der Waals surface area (Å²) in [7, 11) is 0. The van der Waals surface area contributed by atoms with E-state index in [9.17, 15) is 18.0 Å². The Morgan fingerprint density at radius 1 is 1.35 bits per heavy atom. The smallest absolute Gasteiger partial charge is 0.429 e. The summed E-state index contributed by atoms with van der Waals surface area (Å²) >= 11 is 0. The Kier molecular flexibility index (Phi) is 5.61. The Balaban J connectivity index is 2.79. The second-order valence-electron chi connectivity index (χ2n) is 4.13. The molecule has 0 aliphatic rings. The normalized spacial score (nSPS) is 13.4. The molecular formula is C14H15F3O3. The fraction of sp³-hybridized carbons (Fsp3) is 0.357. The fourth-order valence-electron chi connectivity index (χ4n) is 1.38. The Morgan fingerprint density at radius 3 is 2.45 bits per heavy atom.